The first-order valence-electron chi connectivity index (χ1n) is 8.56. The Bertz CT molecular complexity index is 763. The number of benzene rings is 2. The molecule has 2 aromatic rings. The van der Waals surface area contributed by atoms with E-state index >= 15 is 0 Å². The first-order chi connectivity index (χ1) is 12.6. The molecule has 6 heteroatoms. The molecule has 2 aromatic carbocycles. The number of nitrogens with one attached hydrogen (secondary N) is 2. The largest absolute Gasteiger partial charge is 0.493 e. The second-order valence-corrected chi connectivity index (χ2v) is 5.78. The molecule has 0 aliphatic heterocycles. The second kappa shape index (κ2) is 9.65. The molecule has 0 atom stereocenters. The highest BCUT2D eigenvalue weighted by Gasteiger charge is 2.06. The highest BCUT2D eigenvalue weighted by molar-refractivity contribution is 5.79. The van der Waals surface area contributed by atoms with E-state index in [-0.39, 0.29) is 5.82 Å². The fourth-order valence-electron chi connectivity index (χ4n) is 2.51. The monoisotopic (exact) mass is 359 g/mol. The normalized spacial score (nSPS) is 11.2. The Morgan fingerprint density at radius 2 is 1.69 bits per heavy atom. The van der Waals surface area contributed by atoms with Crippen molar-refractivity contribution in [1.29, 1.82) is 0 Å². The van der Waals surface area contributed by atoms with E-state index < -0.39 is 0 Å². The average molecular weight is 359 g/mol. The molecule has 0 aliphatic carbocycles. The van der Waals surface area contributed by atoms with Gasteiger partial charge < -0.3 is 20.1 Å². The molecule has 0 aromatic heterocycles. The summed E-state index contributed by atoms with van der Waals surface area (Å²) in [6, 6.07) is 10.9. The summed E-state index contributed by atoms with van der Waals surface area (Å²) in [5.41, 5.74) is 2.68. The number of aliphatic imine (C=N–C) groups is 1. The molecule has 2 rings (SSSR count). The minimum absolute atomic E-state index is 0.194. The first-order valence-corrected chi connectivity index (χ1v) is 8.56. The fraction of sp³-hybridized carbons (Fsp3) is 0.350. The zero-order valence-corrected chi connectivity index (χ0v) is 15.7. The zero-order valence-electron chi connectivity index (χ0n) is 15.7. The van der Waals surface area contributed by atoms with Crippen molar-refractivity contribution in [3.05, 3.63) is 58.9 Å². The van der Waals surface area contributed by atoms with Gasteiger partial charge in [-0.25, -0.2) is 4.39 Å². The molecule has 0 unspecified atom stereocenters. The van der Waals surface area contributed by atoms with Crippen LogP contribution in [-0.2, 0) is 13.1 Å². The van der Waals surface area contributed by atoms with E-state index in [1.54, 1.807) is 27.1 Å². The Labute approximate surface area is 154 Å². The molecular weight excluding hydrogens is 333 g/mol. The summed E-state index contributed by atoms with van der Waals surface area (Å²) < 4.78 is 24.2. The van der Waals surface area contributed by atoms with Crippen molar-refractivity contribution in [2.75, 3.05) is 20.8 Å². The fourth-order valence-corrected chi connectivity index (χ4v) is 2.51. The summed E-state index contributed by atoms with van der Waals surface area (Å²) in [5.74, 6) is 1.91. The Morgan fingerprint density at radius 1 is 1.04 bits per heavy atom. The third kappa shape index (κ3) is 5.37. The van der Waals surface area contributed by atoms with Crippen molar-refractivity contribution in [1.82, 2.24) is 10.6 Å². The van der Waals surface area contributed by atoms with Crippen LogP contribution in [0.5, 0.6) is 11.5 Å². The number of nitrogens with zero attached hydrogens (tertiary/aromatic N) is 1. The molecule has 0 saturated heterocycles. The maximum atomic E-state index is 13.3. The van der Waals surface area contributed by atoms with E-state index in [4.69, 9.17) is 9.47 Å². The SMILES string of the molecule is CCOc1ccc(CNC(=NC)NCc2ccc(F)c(C)c2)cc1OC. The van der Waals surface area contributed by atoms with Crippen molar-refractivity contribution in [2.24, 2.45) is 4.99 Å². The van der Waals surface area contributed by atoms with Crippen LogP contribution >= 0.6 is 0 Å². The smallest absolute Gasteiger partial charge is 0.191 e. The van der Waals surface area contributed by atoms with Gasteiger partial charge in [0.05, 0.1) is 13.7 Å². The highest BCUT2D eigenvalue weighted by Crippen LogP contribution is 2.27. The number of halogens is 1. The molecule has 0 amide bonds. The average Bonchev–Trinajstić information content (AvgIpc) is 2.65. The number of hydrogen-bond acceptors (Lipinski definition) is 3. The maximum absolute atomic E-state index is 13.3. The number of rotatable bonds is 7. The van der Waals surface area contributed by atoms with Gasteiger partial charge in [0.1, 0.15) is 5.82 Å². The van der Waals surface area contributed by atoms with E-state index in [0.29, 0.717) is 37.0 Å². The molecule has 140 valence electrons. The van der Waals surface area contributed by atoms with Crippen molar-refractivity contribution < 1.29 is 13.9 Å². The van der Waals surface area contributed by atoms with Gasteiger partial charge in [-0.3, -0.25) is 4.99 Å². The molecule has 0 aliphatic rings. The van der Waals surface area contributed by atoms with E-state index in [1.807, 2.05) is 31.2 Å². The van der Waals surface area contributed by atoms with E-state index in [0.717, 1.165) is 16.9 Å². The topological polar surface area (TPSA) is 54.9 Å². The lowest BCUT2D eigenvalue weighted by Crippen LogP contribution is -2.36. The summed E-state index contributed by atoms with van der Waals surface area (Å²) >= 11 is 0. The predicted octanol–water partition coefficient (Wildman–Crippen LogP) is 3.41. The Kier molecular flexibility index (Phi) is 7.26. The lowest BCUT2D eigenvalue weighted by molar-refractivity contribution is 0.310. The number of hydrogen-bond donors (Lipinski definition) is 2. The molecule has 0 saturated carbocycles. The Morgan fingerprint density at radius 3 is 2.27 bits per heavy atom. The second-order valence-electron chi connectivity index (χ2n) is 5.78. The van der Waals surface area contributed by atoms with Gasteiger partial charge >= 0.3 is 0 Å². The van der Waals surface area contributed by atoms with Crippen LogP contribution in [0.3, 0.4) is 0 Å². The molecule has 0 bridgehead atoms. The van der Waals surface area contributed by atoms with Gasteiger partial charge in [-0.15, -0.1) is 0 Å². The van der Waals surface area contributed by atoms with E-state index in [1.165, 1.54) is 6.07 Å². The standard InChI is InChI=1S/C20H26FN3O2/c1-5-26-18-9-7-16(11-19(18)25-4)13-24-20(22-3)23-12-15-6-8-17(21)14(2)10-15/h6-11H,5,12-13H2,1-4H3,(H2,22,23,24). The molecule has 0 heterocycles. The minimum Gasteiger partial charge on any atom is -0.493 e. The van der Waals surface area contributed by atoms with Gasteiger partial charge in [0, 0.05) is 20.1 Å². The molecular formula is C20H26FN3O2. The lowest BCUT2D eigenvalue weighted by Gasteiger charge is -2.14. The van der Waals surface area contributed by atoms with Gasteiger partial charge in [0.2, 0.25) is 0 Å². The first kappa shape index (κ1) is 19.6. The van der Waals surface area contributed by atoms with Crippen molar-refractivity contribution in [2.45, 2.75) is 26.9 Å². The minimum atomic E-state index is -0.194. The molecule has 2 N–H and O–H groups in total. The molecule has 26 heavy (non-hydrogen) atoms. The van der Waals surface area contributed by atoms with Crippen molar-refractivity contribution in [3.63, 3.8) is 0 Å². The summed E-state index contributed by atoms with van der Waals surface area (Å²) in [5, 5.41) is 6.48. The van der Waals surface area contributed by atoms with Crippen LogP contribution in [0, 0.1) is 12.7 Å². The van der Waals surface area contributed by atoms with Crippen LogP contribution in [0.4, 0.5) is 4.39 Å². The molecule has 5 nitrogen and oxygen atoms in total. The van der Waals surface area contributed by atoms with Crippen LogP contribution < -0.4 is 20.1 Å². The van der Waals surface area contributed by atoms with Crippen LogP contribution in [-0.4, -0.2) is 26.7 Å². The lowest BCUT2D eigenvalue weighted by atomic mass is 10.1. The number of guanidine groups is 1. The van der Waals surface area contributed by atoms with Gasteiger partial charge in [-0.2, -0.15) is 0 Å². The van der Waals surface area contributed by atoms with Crippen molar-refractivity contribution in [3.8, 4) is 11.5 Å². The predicted molar refractivity (Wildman–Crippen MR) is 102 cm³/mol. The Balaban J connectivity index is 1.93. The zero-order chi connectivity index (χ0) is 18.9. The van der Waals surface area contributed by atoms with Crippen molar-refractivity contribution >= 4 is 5.96 Å². The molecule has 0 spiro atoms. The number of ether oxygens (including phenoxy) is 2. The number of methoxy groups -OCH3 is 1. The summed E-state index contributed by atoms with van der Waals surface area (Å²) in [6.07, 6.45) is 0. The highest BCUT2D eigenvalue weighted by atomic mass is 19.1. The third-order valence-electron chi connectivity index (χ3n) is 3.89. The van der Waals surface area contributed by atoms with Crippen LogP contribution in [0.2, 0.25) is 0 Å². The van der Waals surface area contributed by atoms with Gasteiger partial charge in [0.25, 0.3) is 0 Å². The van der Waals surface area contributed by atoms with Crippen LogP contribution in [0.25, 0.3) is 0 Å². The summed E-state index contributed by atoms with van der Waals surface area (Å²) in [6.45, 7) is 5.43. The summed E-state index contributed by atoms with van der Waals surface area (Å²) in [7, 11) is 3.34. The molecule has 0 radical (unpaired) electrons. The van der Waals surface area contributed by atoms with E-state index in [2.05, 4.69) is 15.6 Å². The van der Waals surface area contributed by atoms with Crippen LogP contribution in [0.1, 0.15) is 23.6 Å². The maximum Gasteiger partial charge on any atom is 0.191 e. The Hall–Kier alpha value is -2.76. The number of aryl methyl sites for hydroxylation is 1. The van der Waals surface area contributed by atoms with Gasteiger partial charge in [-0.05, 0) is 48.7 Å². The third-order valence-corrected chi connectivity index (χ3v) is 3.89. The quantitative estimate of drug-likeness (QED) is 0.588. The summed E-state index contributed by atoms with van der Waals surface area (Å²) in [4.78, 5) is 4.21. The van der Waals surface area contributed by atoms with Crippen LogP contribution in [0.15, 0.2) is 41.4 Å². The van der Waals surface area contributed by atoms with E-state index in [9.17, 15) is 4.39 Å². The molecule has 0 fully saturated rings. The van der Waals surface area contributed by atoms with Gasteiger partial charge in [0.15, 0.2) is 17.5 Å². The van der Waals surface area contributed by atoms with Gasteiger partial charge in [-0.1, -0.05) is 18.2 Å².